The average molecular weight is 422 g/mol. The number of piperidine rings is 1. The van der Waals surface area contributed by atoms with Gasteiger partial charge in [-0.3, -0.25) is 0 Å². The first-order chi connectivity index (χ1) is 13.9. The number of amides is 2. The molecule has 2 amide bonds. The van der Waals surface area contributed by atoms with Gasteiger partial charge in [0.2, 0.25) is 10.0 Å². The summed E-state index contributed by atoms with van der Waals surface area (Å²) < 4.78 is 33.4. The van der Waals surface area contributed by atoms with Crippen LogP contribution in [-0.4, -0.2) is 66.8 Å². The van der Waals surface area contributed by atoms with Gasteiger partial charge in [0.15, 0.2) is 0 Å². The Balaban J connectivity index is 1.38. The van der Waals surface area contributed by atoms with Crippen molar-refractivity contribution < 1.29 is 17.9 Å². The van der Waals surface area contributed by atoms with E-state index in [2.05, 4.69) is 5.32 Å². The second-order valence-electron chi connectivity index (χ2n) is 8.42. The molecule has 3 fully saturated rings. The summed E-state index contributed by atoms with van der Waals surface area (Å²) in [5.41, 5.74) is 0.472. The van der Waals surface area contributed by atoms with E-state index >= 15 is 0 Å². The first kappa shape index (κ1) is 20.6. The van der Waals surface area contributed by atoms with Crippen molar-refractivity contribution in [1.29, 1.82) is 0 Å². The molecule has 7 nitrogen and oxygen atoms in total. The third kappa shape index (κ3) is 4.59. The number of hydrogen-bond donors (Lipinski definition) is 1. The zero-order valence-electron chi connectivity index (χ0n) is 17.0. The van der Waals surface area contributed by atoms with Gasteiger partial charge in [-0.25, -0.2) is 13.2 Å². The van der Waals surface area contributed by atoms with Crippen LogP contribution in [0.15, 0.2) is 30.3 Å². The molecule has 1 saturated carbocycles. The molecular formula is C21H31N3O4S. The predicted molar refractivity (Wildman–Crippen MR) is 112 cm³/mol. The van der Waals surface area contributed by atoms with Crippen LogP contribution in [0.2, 0.25) is 0 Å². The number of benzene rings is 1. The summed E-state index contributed by atoms with van der Waals surface area (Å²) in [6.07, 6.45) is 4.92. The number of ether oxygens (including phenoxy) is 1. The van der Waals surface area contributed by atoms with Crippen LogP contribution < -0.4 is 5.32 Å². The highest BCUT2D eigenvalue weighted by Gasteiger charge is 2.48. The van der Waals surface area contributed by atoms with Crippen LogP contribution in [0.3, 0.4) is 0 Å². The maximum Gasteiger partial charge on any atom is 0.321 e. The Morgan fingerprint density at radius 3 is 2.48 bits per heavy atom. The normalized spacial score (nSPS) is 24.6. The van der Waals surface area contributed by atoms with Crippen molar-refractivity contribution in [3.63, 3.8) is 0 Å². The van der Waals surface area contributed by atoms with Gasteiger partial charge in [-0.15, -0.1) is 0 Å². The summed E-state index contributed by atoms with van der Waals surface area (Å²) in [5.74, 6) is 0.154. The zero-order chi connectivity index (χ0) is 20.5. The minimum Gasteiger partial charge on any atom is -0.375 e. The fraction of sp³-hybridized carbons (Fsp3) is 0.667. The molecule has 3 aliphatic rings. The predicted octanol–water partition coefficient (Wildman–Crippen LogP) is 3.05. The second kappa shape index (κ2) is 8.24. The van der Waals surface area contributed by atoms with E-state index < -0.39 is 10.0 Å². The average Bonchev–Trinajstić information content (AvgIpc) is 3.54. The van der Waals surface area contributed by atoms with Crippen LogP contribution in [0.5, 0.6) is 0 Å². The van der Waals surface area contributed by atoms with Crippen LogP contribution in [0.25, 0.3) is 0 Å². The Morgan fingerprint density at radius 1 is 1.17 bits per heavy atom. The number of urea groups is 1. The molecule has 160 valence electrons. The summed E-state index contributed by atoms with van der Waals surface area (Å²) in [6, 6.07) is 9.56. The molecule has 2 heterocycles. The maximum atomic E-state index is 12.7. The highest BCUT2D eigenvalue weighted by molar-refractivity contribution is 7.89. The fourth-order valence-electron chi connectivity index (χ4n) is 4.64. The topological polar surface area (TPSA) is 79.0 Å². The van der Waals surface area contributed by atoms with Gasteiger partial charge in [0, 0.05) is 37.5 Å². The van der Waals surface area contributed by atoms with Gasteiger partial charge in [-0.05, 0) is 57.6 Å². The summed E-state index contributed by atoms with van der Waals surface area (Å²) in [4.78, 5) is 14.4. The van der Waals surface area contributed by atoms with Gasteiger partial charge in [-0.2, -0.15) is 4.31 Å². The lowest BCUT2D eigenvalue weighted by Gasteiger charge is -2.48. The number of hydrogen-bond acceptors (Lipinski definition) is 4. The standard InChI is InChI=1S/C21H31N3O4S/c1-2-29(26,27)24(18-8-9-18)19-10-15-28-21(16-19)11-13-23(14-12-21)20(25)22-17-6-4-3-5-7-17/h3-7,18-19H,2,8-16H2,1H3,(H,22,25). The van der Waals surface area contributed by atoms with E-state index in [1.807, 2.05) is 35.2 Å². The highest BCUT2D eigenvalue weighted by atomic mass is 32.2. The molecule has 2 saturated heterocycles. The number of anilines is 1. The zero-order valence-corrected chi connectivity index (χ0v) is 17.9. The fourth-order valence-corrected chi connectivity index (χ4v) is 6.24. The Bertz CT molecular complexity index is 818. The van der Waals surface area contributed by atoms with E-state index in [0.717, 1.165) is 44.2 Å². The number of rotatable bonds is 5. The number of para-hydroxylation sites is 1. The van der Waals surface area contributed by atoms with Crippen LogP contribution in [0.1, 0.15) is 45.4 Å². The number of nitrogens with zero attached hydrogens (tertiary/aromatic N) is 2. The summed E-state index contributed by atoms with van der Waals surface area (Å²) >= 11 is 0. The van der Waals surface area contributed by atoms with E-state index in [4.69, 9.17) is 4.74 Å². The van der Waals surface area contributed by atoms with Crippen LogP contribution >= 0.6 is 0 Å². The molecule has 1 unspecified atom stereocenters. The summed E-state index contributed by atoms with van der Waals surface area (Å²) in [6.45, 7) is 3.55. The van der Waals surface area contributed by atoms with Crippen LogP contribution in [0.4, 0.5) is 10.5 Å². The number of carbonyl (C=O) groups is 1. The Labute approximate surface area is 173 Å². The van der Waals surface area contributed by atoms with Crippen molar-refractivity contribution >= 4 is 21.7 Å². The summed E-state index contributed by atoms with van der Waals surface area (Å²) in [5, 5.41) is 2.94. The first-order valence-electron chi connectivity index (χ1n) is 10.7. The molecular weight excluding hydrogens is 390 g/mol. The number of nitrogens with one attached hydrogen (secondary N) is 1. The first-order valence-corrected chi connectivity index (χ1v) is 12.3. The molecule has 0 radical (unpaired) electrons. The Hall–Kier alpha value is -1.64. The maximum absolute atomic E-state index is 12.7. The lowest BCUT2D eigenvalue weighted by molar-refractivity contribution is -0.122. The number of carbonyl (C=O) groups excluding carboxylic acids is 1. The molecule has 4 rings (SSSR count). The van der Waals surface area contributed by atoms with Gasteiger partial charge >= 0.3 is 6.03 Å². The molecule has 8 heteroatoms. The molecule has 1 atom stereocenters. The van der Waals surface area contributed by atoms with E-state index in [-0.39, 0.29) is 29.5 Å². The monoisotopic (exact) mass is 421 g/mol. The molecule has 2 aliphatic heterocycles. The lowest BCUT2D eigenvalue weighted by Crippen LogP contribution is -2.56. The molecule has 29 heavy (non-hydrogen) atoms. The smallest absolute Gasteiger partial charge is 0.321 e. The highest BCUT2D eigenvalue weighted by Crippen LogP contribution is 2.41. The largest absolute Gasteiger partial charge is 0.375 e. The quantitative estimate of drug-likeness (QED) is 0.793. The van der Waals surface area contributed by atoms with Gasteiger partial charge in [0.05, 0.1) is 11.4 Å². The number of likely N-dealkylation sites (tertiary alicyclic amines) is 1. The van der Waals surface area contributed by atoms with Crippen molar-refractivity contribution in [3.8, 4) is 0 Å². The molecule has 1 aromatic carbocycles. The molecule has 1 spiro atoms. The minimum atomic E-state index is -3.21. The molecule has 1 aliphatic carbocycles. The van der Waals surface area contributed by atoms with E-state index in [0.29, 0.717) is 19.7 Å². The molecule has 0 bridgehead atoms. The molecule has 0 aromatic heterocycles. The van der Waals surface area contributed by atoms with Gasteiger partial charge < -0.3 is 15.0 Å². The summed E-state index contributed by atoms with van der Waals surface area (Å²) in [7, 11) is -3.21. The van der Waals surface area contributed by atoms with Gasteiger partial charge in [0.1, 0.15) is 0 Å². The van der Waals surface area contributed by atoms with Crippen molar-refractivity contribution in [3.05, 3.63) is 30.3 Å². The Kier molecular flexibility index (Phi) is 5.86. The van der Waals surface area contributed by atoms with Crippen molar-refractivity contribution in [1.82, 2.24) is 9.21 Å². The van der Waals surface area contributed by atoms with Crippen LogP contribution in [0, 0.1) is 0 Å². The molecule has 1 N–H and O–H groups in total. The third-order valence-corrected chi connectivity index (χ3v) is 8.37. The van der Waals surface area contributed by atoms with Crippen molar-refractivity contribution in [2.75, 3.05) is 30.8 Å². The minimum absolute atomic E-state index is 0.0193. The van der Waals surface area contributed by atoms with Gasteiger partial charge in [-0.1, -0.05) is 18.2 Å². The van der Waals surface area contributed by atoms with Crippen molar-refractivity contribution in [2.24, 2.45) is 0 Å². The Morgan fingerprint density at radius 2 is 1.86 bits per heavy atom. The lowest BCUT2D eigenvalue weighted by atomic mass is 9.82. The van der Waals surface area contributed by atoms with Crippen LogP contribution in [-0.2, 0) is 14.8 Å². The van der Waals surface area contributed by atoms with Crippen molar-refractivity contribution in [2.45, 2.75) is 63.1 Å². The molecule has 1 aromatic rings. The van der Waals surface area contributed by atoms with E-state index in [1.165, 1.54) is 0 Å². The third-order valence-electron chi connectivity index (χ3n) is 6.41. The van der Waals surface area contributed by atoms with E-state index in [1.54, 1.807) is 11.2 Å². The van der Waals surface area contributed by atoms with Gasteiger partial charge in [0.25, 0.3) is 0 Å². The second-order valence-corrected chi connectivity index (χ2v) is 10.6. The number of sulfonamides is 1. The SMILES string of the molecule is CCS(=O)(=O)N(C1CC1)C1CCOC2(CCN(C(=O)Nc3ccccc3)CC2)C1. The van der Waals surface area contributed by atoms with E-state index in [9.17, 15) is 13.2 Å².